The zero-order chi connectivity index (χ0) is 23.3. The van der Waals surface area contributed by atoms with E-state index in [1.165, 1.54) is 37.5 Å². The number of alkyl halides is 3. The minimum absolute atomic E-state index is 0.303. The summed E-state index contributed by atoms with van der Waals surface area (Å²) in [7, 11) is 0. The van der Waals surface area contributed by atoms with Crippen LogP contribution < -0.4 is 10.5 Å². The Morgan fingerprint density at radius 1 is 1.19 bits per heavy atom. The van der Waals surface area contributed by atoms with E-state index in [0.717, 1.165) is 56.5 Å². The molecule has 0 aliphatic heterocycles. The van der Waals surface area contributed by atoms with Gasteiger partial charge in [0.2, 0.25) is 0 Å². The van der Waals surface area contributed by atoms with E-state index in [1.807, 2.05) is 6.92 Å². The predicted octanol–water partition coefficient (Wildman–Crippen LogP) is 6.77. The first-order valence-corrected chi connectivity index (χ1v) is 11.6. The molecule has 3 rings (SSSR count). The highest BCUT2D eigenvalue weighted by Gasteiger charge is 2.32. The second kappa shape index (κ2) is 10.5. The number of benzene rings is 1. The van der Waals surface area contributed by atoms with E-state index in [0.29, 0.717) is 22.6 Å². The van der Waals surface area contributed by atoms with Gasteiger partial charge in [0.25, 0.3) is 5.91 Å². The third kappa shape index (κ3) is 5.87. The summed E-state index contributed by atoms with van der Waals surface area (Å²) in [5, 5.41) is 0. The van der Waals surface area contributed by atoms with Crippen molar-refractivity contribution in [3.8, 4) is 16.9 Å². The van der Waals surface area contributed by atoms with Gasteiger partial charge in [-0.1, -0.05) is 51.2 Å². The summed E-state index contributed by atoms with van der Waals surface area (Å²) in [5.41, 5.74) is 9.16. The van der Waals surface area contributed by atoms with Crippen molar-refractivity contribution in [2.75, 3.05) is 0 Å². The van der Waals surface area contributed by atoms with Crippen molar-refractivity contribution in [1.82, 2.24) is 4.57 Å². The average Bonchev–Trinajstić information content (AvgIpc) is 3.00. The van der Waals surface area contributed by atoms with Gasteiger partial charge >= 0.3 is 6.36 Å². The molecule has 1 aromatic heterocycles. The molecule has 2 N–H and O–H groups in total. The van der Waals surface area contributed by atoms with Crippen molar-refractivity contribution < 1.29 is 22.7 Å². The van der Waals surface area contributed by atoms with Crippen LogP contribution in [0.15, 0.2) is 24.3 Å². The molecule has 0 atom stereocenters. The van der Waals surface area contributed by atoms with E-state index in [1.54, 1.807) is 6.07 Å². The molecule has 1 aliphatic carbocycles. The Bertz CT molecular complexity index is 928. The van der Waals surface area contributed by atoms with Gasteiger partial charge in [-0.15, -0.1) is 13.2 Å². The van der Waals surface area contributed by atoms with Gasteiger partial charge in [0.15, 0.2) is 0 Å². The standard InChI is InChI=1S/C25H33F3N2O2/c1-3-4-6-14-21-23(19-12-9-13-20(15-19)32-25(26,27)28)22(24(29)31)17(2)30(21)16-18-10-7-5-8-11-18/h9,12-13,15,18H,3-8,10-11,14,16H2,1-2H3,(H2,29,31). The molecule has 32 heavy (non-hydrogen) atoms. The Balaban J connectivity index is 2.11. The average molecular weight is 451 g/mol. The normalized spacial score (nSPS) is 15.2. The van der Waals surface area contributed by atoms with E-state index < -0.39 is 12.3 Å². The molecule has 2 aromatic rings. The molecular weight excluding hydrogens is 417 g/mol. The summed E-state index contributed by atoms with van der Waals surface area (Å²) in [6.45, 7) is 4.83. The molecule has 1 saturated carbocycles. The van der Waals surface area contributed by atoms with Gasteiger partial charge in [-0.2, -0.15) is 0 Å². The maximum Gasteiger partial charge on any atom is 0.573 e. The van der Waals surface area contributed by atoms with Crippen molar-refractivity contribution in [1.29, 1.82) is 0 Å². The summed E-state index contributed by atoms with van der Waals surface area (Å²) >= 11 is 0. The van der Waals surface area contributed by atoms with Crippen LogP contribution in [0.3, 0.4) is 0 Å². The molecule has 4 nitrogen and oxygen atoms in total. The number of amides is 1. The number of carbonyl (C=O) groups excluding carboxylic acids is 1. The highest BCUT2D eigenvalue weighted by molar-refractivity contribution is 6.02. The lowest BCUT2D eigenvalue weighted by Crippen LogP contribution is -2.18. The summed E-state index contributed by atoms with van der Waals surface area (Å²) in [5.74, 6) is -0.324. The lowest BCUT2D eigenvalue weighted by molar-refractivity contribution is -0.274. The van der Waals surface area contributed by atoms with Crippen molar-refractivity contribution >= 4 is 5.91 Å². The summed E-state index contributed by atoms with van der Waals surface area (Å²) in [6.07, 6.45) is 4.98. The van der Waals surface area contributed by atoms with Gasteiger partial charge in [-0.05, 0) is 56.2 Å². The quantitative estimate of drug-likeness (QED) is 0.428. The van der Waals surface area contributed by atoms with Gasteiger partial charge < -0.3 is 15.0 Å². The number of rotatable bonds is 9. The van der Waals surface area contributed by atoms with Crippen LogP contribution in [0.4, 0.5) is 13.2 Å². The molecule has 1 amide bonds. The highest BCUT2D eigenvalue weighted by Crippen LogP contribution is 2.38. The molecule has 176 valence electrons. The number of halogens is 3. The maximum absolute atomic E-state index is 12.8. The van der Waals surface area contributed by atoms with Crippen molar-refractivity contribution in [2.24, 2.45) is 11.7 Å². The summed E-state index contributed by atoms with van der Waals surface area (Å²) in [4.78, 5) is 12.5. The third-order valence-electron chi connectivity index (χ3n) is 6.42. The fourth-order valence-electron chi connectivity index (χ4n) is 4.94. The van der Waals surface area contributed by atoms with Crippen LogP contribution in [0.5, 0.6) is 5.75 Å². The Hall–Kier alpha value is -2.44. The summed E-state index contributed by atoms with van der Waals surface area (Å²) in [6, 6.07) is 5.86. The predicted molar refractivity (Wildman–Crippen MR) is 120 cm³/mol. The number of nitrogens with two attached hydrogens (primary N) is 1. The Labute approximate surface area is 187 Å². The lowest BCUT2D eigenvalue weighted by atomic mass is 9.89. The van der Waals surface area contributed by atoms with Crippen LogP contribution in [-0.2, 0) is 13.0 Å². The van der Waals surface area contributed by atoms with Crippen molar-refractivity contribution in [3.63, 3.8) is 0 Å². The number of carbonyl (C=O) groups is 1. The number of unbranched alkanes of at least 4 members (excludes halogenated alkanes) is 2. The zero-order valence-electron chi connectivity index (χ0n) is 18.9. The molecule has 0 radical (unpaired) electrons. The molecule has 1 fully saturated rings. The van der Waals surface area contributed by atoms with E-state index in [4.69, 9.17) is 5.73 Å². The molecule has 1 aromatic carbocycles. The molecule has 0 bridgehead atoms. The first kappa shape index (κ1) is 24.2. The summed E-state index contributed by atoms with van der Waals surface area (Å²) < 4.78 is 44.7. The number of ether oxygens (including phenoxy) is 1. The Morgan fingerprint density at radius 3 is 2.53 bits per heavy atom. The molecule has 7 heteroatoms. The Morgan fingerprint density at radius 2 is 1.91 bits per heavy atom. The molecule has 0 spiro atoms. The molecular formula is C25H33F3N2O2. The van der Waals surface area contributed by atoms with E-state index in [2.05, 4.69) is 16.2 Å². The van der Waals surface area contributed by atoms with Gasteiger partial charge in [0.05, 0.1) is 5.56 Å². The van der Waals surface area contributed by atoms with Crippen molar-refractivity contribution in [2.45, 2.75) is 84.5 Å². The zero-order valence-corrected chi connectivity index (χ0v) is 18.9. The molecule has 0 unspecified atom stereocenters. The fourth-order valence-corrected chi connectivity index (χ4v) is 4.94. The first-order chi connectivity index (χ1) is 15.2. The number of hydrogen-bond acceptors (Lipinski definition) is 2. The van der Waals surface area contributed by atoms with Crippen molar-refractivity contribution in [3.05, 3.63) is 41.2 Å². The van der Waals surface area contributed by atoms with E-state index in [-0.39, 0.29) is 5.75 Å². The van der Waals surface area contributed by atoms with Crippen LogP contribution in [0.25, 0.3) is 11.1 Å². The minimum atomic E-state index is -4.78. The minimum Gasteiger partial charge on any atom is -0.406 e. The maximum atomic E-state index is 12.8. The largest absolute Gasteiger partial charge is 0.573 e. The third-order valence-corrected chi connectivity index (χ3v) is 6.42. The van der Waals surface area contributed by atoms with E-state index >= 15 is 0 Å². The molecule has 0 saturated heterocycles. The molecule has 1 heterocycles. The molecule has 1 aliphatic rings. The van der Waals surface area contributed by atoms with Crippen LogP contribution in [-0.4, -0.2) is 16.8 Å². The van der Waals surface area contributed by atoms with Crippen LogP contribution >= 0.6 is 0 Å². The smallest absolute Gasteiger partial charge is 0.406 e. The van der Waals surface area contributed by atoms with Gasteiger partial charge in [-0.25, -0.2) is 0 Å². The highest BCUT2D eigenvalue weighted by atomic mass is 19.4. The number of nitrogens with zero attached hydrogens (tertiary/aromatic N) is 1. The Kier molecular flexibility index (Phi) is 7.91. The second-order valence-electron chi connectivity index (χ2n) is 8.79. The number of hydrogen-bond donors (Lipinski definition) is 1. The van der Waals surface area contributed by atoms with Gasteiger partial charge in [0.1, 0.15) is 5.75 Å². The number of aromatic nitrogens is 1. The van der Waals surface area contributed by atoms with E-state index in [9.17, 15) is 18.0 Å². The lowest BCUT2D eigenvalue weighted by Gasteiger charge is -2.24. The fraction of sp³-hybridized carbons (Fsp3) is 0.560. The van der Waals surface area contributed by atoms with Gasteiger partial charge in [-0.3, -0.25) is 4.79 Å². The second-order valence-corrected chi connectivity index (χ2v) is 8.79. The van der Waals surface area contributed by atoms with Gasteiger partial charge in [0, 0.05) is 23.5 Å². The topological polar surface area (TPSA) is 57.2 Å². The SMILES string of the molecule is CCCCCc1c(-c2cccc(OC(F)(F)F)c2)c(C(N)=O)c(C)n1CC1CCCCC1. The van der Waals surface area contributed by atoms with Crippen LogP contribution in [0.2, 0.25) is 0 Å². The van der Waals surface area contributed by atoms with Crippen LogP contribution in [0, 0.1) is 12.8 Å². The number of primary amides is 1. The van der Waals surface area contributed by atoms with Crippen LogP contribution in [0.1, 0.15) is 80.0 Å². The first-order valence-electron chi connectivity index (χ1n) is 11.6. The monoisotopic (exact) mass is 450 g/mol.